The minimum absolute atomic E-state index is 0.372. The van der Waals surface area contributed by atoms with E-state index < -0.39 is 10.0 Å². The Labute approximate surface area is 131 Å². The smallest absolute Gasteiger partial charge is 0.263 e. The second-order valence-electron chi connectivity index (χ2n) is 4.32. The molecule has 4 nitrogen and oxygen atoms in total. The van der Waals surface area contributed by atoms with E-state index in [1.807, 2.05) is 18.4 Å². The largest absolute Gasteiger partial charge is 0.315 e. The maximum atomic E-state index is 12.5. The van der Waals surface area contributed by atoms with Crippen LogP contribution in [0.3, 0.4) is 0 Å². The van der Waals surface area contributed by atoms with Crippen molar-refractivity contribution in [2.75, 3.05) is 11.8 Å². The van der Waals surface area contributed by atoms with Crippen LogP contribution in [0.2, 0.25) is 0 Å². The van der Waals surface area contributed by atoms with Gasteiger partial charge in [0.2, 0.25) is 0 Å². The molecule has 0 aliphatic carbocycles. The first-order chi connectivity index (χ1) is 9.44. The van der Waals surface area contributed by atoms with Gasteiger partial charge < -0.3 is 5.32 Å². The van der Waals surface area contributed by atoms with E-state index in [-0.39, 0.29) is 0 Å². The van der Waals surface area contributed by atoms with E-state index in [9.17, 15) is 8.42 Å². The lowest BCUT2D eigenvalue weighted by Gasteiger charge is -2.10. The molecule has 0 bridgehead atoms. The molecule has 2 rings (SSSR count). The van der Waals surface area contributed by atoms with Crippen molar-refractivity contribution in [3.63, 3.8) is 0 Å². The van der Waals surface area contributed by atoms with Crippen LogP contribution in [0.4, 0.5) is 5.69 Å². The van der Waals surface area contributed by atoms with Crippen molar-refractivity contribution in [3.8, 4) is 0 Å². The zero-order valence-corrected chi connectivity index (χ0v) is 14.3. The third kappa shape index (κ3) is 3.41. The normalized spacial score (nSPS) is 11.6. The van der Waals surface area contributed by atoms with Crippen molar-refractivity contribution in [3.05, 3.63) is 44.6 Å². The van der Waals surface area contributed by atoms with E-state index in [0.29, 0.717) is 17.1 Å². The number of nitrogens with one attached hydrogen (secondary N) is 2. The molecule has 1 aromatic heterocycles. The van der Waals surface area contributed by atoms with E-state index in [4.69, 9.17) is 0 Å². The molecule has 7 heteroatoms. The second-order valence-corrected chi connectivity index (χ2v) is 7.82. The van der Waals surface area contributed by atoms with Gasteiger partial charge in [0, 0.05) is 21.6 Å². The van der Waals surface area contributed by atoms with Gasteiger partial charge in [0.15, 0.2) is 0 Å². The predicted molar refractivity (Wildman–Crippen MR) is 86.8 cm³/mol. The number of sulfonamides is 1. The molecule has 0 amide bonds. The van der Waals surface area contributed by atoms with E-state index >= 15 is 0 Å². The van der Waals surface area contributed by atoms with Crippen LogP contribution in [0, 0.1) is 6.92 Å². The fourth-order valence-corrected chi connectivity index (χ4v) is 5.16. The highest BCUT2D eigenvalue weighted by Crippen LogP contribution is 2.29. The van der Waals surface area contributed by atoms with Crippen molar-refractivity contribution in [2.24, 2.45) is 0 Å². The highest BCUT2D eigenvalue weighted by atomic mass is 79.9. The summed E-state index contributed by atoms with van der Waals surface area (Å²) in [5.74, 6) is 0. The van der Waals surface area contributed by atoms with Gasteiger partial charge in [-0.25, -0.2) is 8.42 Å². The molecule has 0 aliphatic heterocycles. The van der Waals surface area contributed by atoms with Gasteiger partial charge in [-0.3, -0.25) is 4.72 Å². The van der Waals surface area contributed by atoms with Crippen LogP contribution in [0.15, 0.2) is 39.0 Å². The molecule has 0 fully saturated rings. The Bertz CT molecular complexity index is 711. The quantitative estimate of drug-likeness (QED) is 0.843. The summed E-state index contributed by atoms with van der Waals surface area (Å²) in [5.41, 5.74) is 1.31. The van der Waals surface area contributed by atoms with Gasteiger partial charge in [-0.1, -0.05) is 22.0 Å². The van der Waals surface area contributed by atoms with Gasteiger partial charge in [-0.15, -0.1) is 11.3 Å². The number of halogens is 1. The molecule has 0 spiro atoms. The van der Waals surface area contributed by atoms with Gasteiger partial charge in [0.05, 0.1) is 0 Å². The first-order valence-corrected chi connectivity index (χ1v) is 9.09. The number of thiophene rings is 1. The predicted octanol–water partition coefficient (Wildman–Crippen LogP) is 3.34. The van der Waals surface area contributed by atoms with Gasteiger partial charge in [0.25, 0.3) is 10.0 Å². The van der Waals surface area contributed by atoms with Gasteiger partial charge >= 0.3 is 0 Å². The molecule has 0 unspecified atom stereocenters. The molecule has 1 aromatic carbocycles. The lowest BCUT2D eigenvalue weighted by Crippen LogP contribution is -2.16. The number of hydrogen-bond donors (Lipinski definition) is 2. The van der Waals surface area contributed by atoms with Gasteiger partial charge in [-0.2, -0.15) is 0 Å². The van der Waals surface area contributed by atoms with Gasteiger partial charge in [0.1, 0.15) is 4.90 Å². The van der Waals surface area contributed by atoms with Crippen LogP contribution >= 0.6 is 27.3 Å². The first-order valence-electron chi connectivity index (χ1n) is 5.94. The monoisotopic (exact) mass is 374 g/mol. The summed E-state index contributed by atoms with van der Waals surface area (Å²) in [4.78, 5) is 1.18. The number of hydrogen-bond acceptors (Lipinski definition) is 4. The number of rotatable bonds is 5. The summed E-state index contributed by atoms with van der Waals surface area (Å²) in [6, 6.07) is 7.09. The van der Waals surface area contributed by atoms with E-state index in [0.717, 1.165) is 14.9 Å². The molecular weight excluding hydrogens is 360 g/mol. The molecule has 0 saturated carbocycles. The summed E-state index contributed by atoms with van der Waals surface area (Å²) < 4.78 is 28.5. The molecule has 2 aromatic rings. The number of benzene rings is 1. The zero-order chi connectivity index (χ0) is 14.8. The van der Waals surface area contributed by atoms with Crippen molar-refractivity contribution >= 4 is 43.0 Å². The Morgan fingerprint density at radius 3 is 2.75 bits per heavy atom. The fraction of sp³-hybridized carbons (Fsp3) is 0.231. The highest BCUT2D eigenvalue weighted by Gasteiger charge is 2.22. The topological polar surface area (TPSA) is 58.2 Å². The lowest BCUT2D eigenvalue weighted by atomic mass is 10.3. The molecule has 108 valence electrons. The van der Waals surface area contributed by atoms with Gasteiger partial charge in [-0.05, 0) is 43.1 Å². The summed E-state index contributed by atoms with van der Waals surface area (Å²) >= 11 is 4.78. The SMILES string of the molecule is CNCc1scc(C)c1S(=O)(=O)Nc1cccc(Br)c1. The van der Waals surface area contributed by atoms with E-state index in [1.165, 1.54) is 11.3 Å². The van der Waals surface area contributed by atoms with Crippen molar-refractivity contribution < 1.29 is 8.42 Å². The fourth-order valence-electron chi connectivity index (χ4n) is 1.89. The Morgan fingerprint density at radius 1 is 1.35 bits per heavy atom. The lowest BCUT2D eigenvalue weighted by molar-refractivity contribution is 0.599. The summed E-state index contributed by atoms with van der Waals surface area (Å²) in [5, 5.41) is 4.86. The Morgan fingerprint density at radius 2 is 2.10 bits per heavy atom. The van der Waals surface area contributed by atoms with E-state index in [2.05, 4.69) is 26.0 Å². The molecule has 0 radical (unpaired) electrons. The number of anilines is 1. The molecule has 20 heavy (non-hydrogen) atoms. The first kappa shape index (κ1) is 15.5. The molecular formula is C13H15BrN2O2S2. The van der Waals surface area contributed by atoms with Crippen LogP contribution in [-0.2, 0) is 16.6 Å². The Kier molecular flexibility index (Phi) is 4.85. The van der Waals surface area contributed by atoms with Crippen LogP contribution < -0.4 is 10.0 Å². The average Bonchev–Trinajstić information content (AvgIpc) is 2.71. The molecule has 0 saturated heterocycles. The maximum Gasteiger partial charge on any atom is 0.263 e. The van der Waals surface area contributed by atoms with Crippen LogP contribution in [0.1, 0.15) is 10.4 Å². The summed E-state index contributed by atoms with van der Waals surface area (Å²) in [7, 11) is -1.77. The second kappa shape index (κ2) is 6.26. The highest BCUT2D eigenvalue weighted by molar-refractivity contribution is 9.10. The van der Waals surface area contributed by atoms with E-state index in [1.54, 1.807) is 25.2 Å². The molecule has 1 heterocycles. The number of aryl methyl sites for hydroxylation is 1. The van der Waals surface area contributed by atoms with Crippen molar-refractivity contribution in [1.29, 1.82) is 0 Å². The molecule has 0 aliphatic rings. The average molecular weight is 375 g/mol. The van der Waals surface area contributed by atoms with Crippen LogP contribution in [0.25, 0.3) is 0 Å². The summed E-state index contributed by atoms with van der Waals surface area (Å²) in [6.07, 6.45) is 0. The maximum absolute atomic E-state index is 12.5. The Hall–Kier alpha value is -0.890. The molecule has 0 atom stereocenters. The summed E-state index contributed by atoms with van der Waals surface area (Å²) in [6.45, 7) is 2.35. The minimum Gasteiger partial charge on any atom is -0.315 e. The molecule has 2 N–H and O–H groups in total. The standard InChI is InChI=1S/C13H15BrN2O2S2/c1-9-8-19-12(7-15-2)13(9)20(17,18)16-11-5-3-4-10(14)6-11/h3-6,8,15-16H,7H2,1-2H3. The third-order valence-corrected chi connectivity index (χ3v) is 6.01. The van der Waals surface area contributed by atoms with Crippen LogP contribution in [0.5, 0.6) is 0 Å². The minimum atomic E-state index is -3.57. The zero-order valence-electron chi connectivity index (χ0n) is 11.1. The van der Waals surface area contributed by atoms with Crippen LogP contribution in [-0.4, -0.2) is 15.5 Å². The third-order valence-electron chi connectivity index (χ3n) is 2.67. The Balaban J connectivity index is 2.38. The van der Waals surface area contributed by atoms with Crippen molar-refractivity contribution in [1.82, 2.24) is 5.32 Å². The van der Waals surface area contributed by atoms with Crippen molar-refractivity contribution in [2.45, 2.75) is 18.4 Å².